The van der Waals surface area contributed by atoms with Crippen LogP contribution in [0.25, 0.3) is 10.2 Å². The maximum Gasteiger partial charge on any atom is 0.410 e. The van der Waals surface area contributed by atoms with E-state index in [1.54, 1.807) is 11.8 Å². The topological polar surface area (TPSA) is 102 Å². The molecule has 8 nitrogen and oxygen atoms in total. The van der Waals surface area contributed by atoms with Crippen LogP contribution in [0.3, 0.4) is 0 Å². The van der Waals surface area contributed by atoms with Crippen molar-refractivity contribution in [3.8, 4) is 0 Å². The van der Waals surface area contributed by atoms with Crippen molar-refractivity contribution < 1.29 is 19.1 Å². The number of piperidine rings is 1. The molecule has 1 aliphatic heterocycles. The minimum atomic E-state index is -0.615. The summed E-state index contributed by atoms with van der Waals surface area (Å²) >= 11 is 1.50. The standard InChI is InChI=1S/C25H27N3O5S.C2H6/c1-2-32-23(30)20-26-21(29)19-17-8-9-25(14-18(17)34-22(19)27-20)10-12-28(13-11-25)24(31)33-15-16-6-4-3-5-7-16;1-2/h3-7H,2,8-15H2,1H3,(H,26,27,29);1-2H3. The van der Waals surface area contributed by atoms with Gasteiger partial charge in [-0.1, -0.05) is 44.2 Å². The summed E-state index contributed by atoms with van der Waals surface area (Å²) in [6.45, 7) is 7.55. The Labute approximate surface area is 214 Å². The summed E-state index contributed by atoms with van der Waals surface area (Å²) in [6.07, 6.45) is 4.18. The number of benzene rings is 1. The molecule has 3 aromatic rings. The number of rotatable bonds is 4. The number of hydrogen-bond donors (Lipinski definition) is 1. The summed E-state index contributed by atoms with van der Waals surface area (Å²) in [7, 11) is 0. The molecule has 0 saturated carbocycles. The number of amides is 1. The van der Waals surface area contributed by atoms with E-state index in [1.165, 1.54) is 16.2 Å². The lowest BCUT2D eigenvalue weighted by atomic mass is 9.68. The normalized spacial score (nSPS) is 16.1. The van der Waals surface area contributed by atoms with Crippen LogP contribution in [-0.4, -0.2) is 46.6 Å². The average molecular weight is 512 g/mol. The van der Waals surface area contributed by atoms with Crippen molar-refractivity contribution in [2.24, 2.45) is 5.41 Å². The van der Waals surface area contributed by atoms with Crippen LogP contribution < -0.4 is 5.56 Å². The number of fused-ring (bicyclic) bond motifs is 3. The van der Waals surface area contributed by atoms with Crippen molar-refractivity contribution in [3.63, 3.8) is 0 Å². The van der Waals surface area contributed by atoms with Crippen molar-refractivity contribution in [2.45, 2.75) is 59.5 Å². The van der Waals surface area contributed by atoms with Crippen molar-refractivity contribution in [1.82, 2.24) is 14.9 Å². The monoisotopic (exact) mass is 511 g/mol. The van der Waals surface area contributed by atoms with Crippen LogP contribution in [0.4, 0.5) is 4.79 Å². The number of likely N-dealkylation sites (tertiary alicyclic amines) is 1. The van der Waals surface area contributed by atoms with Gasteiger partial charge >= 0.3 is 12.1 Å². The van der Waals surface area contributed by atoms with Gasteiger partial charge in [0.2, 0.25) is 5.82 Å². The molecule has 1 spiro atoms. The first-order chi connectivity index (χ1) is 17.5. The molecule has 0 atom stereocenters. The predicted octanol–water partition coefficient (Wildman–Crippen LogP) is 5.10. The number of H-pyrrole nitrogens is 1. The molecule has 1 amide bonds. The lowest BCUT2D eigenvalue weighted by molar-refractivity contribution is 0.0511. The first kappa shape index (κ1) is 25.9. The second-order valence-corrected chi connectivity index (χ2v) is 10.1. The van der Waals surface area contributed by atoms with Crippen LogP contribution in [-0.2, 0) is 28.9 Å². The third-order valence-corrected chi connectivity index (χ3v) is 8.07. The highest BCUT2D eigenvalue weighted by Gasteiger charge is 2.40. The molecule has 0 unspecified atom stereocenters. The highest BCUT2D eigenvalue weighted by atomic mass is 32.1. The number of nitrogens with one attached hydrogen (secondary N) is 1. The van der Waals surface area contributed by atoms with Gasteiger partial charge in [0.1, 0.15) is 11.4 Å². The van der Waals surface area contributed by atoms with E-state index in [4.69, 9.17) is 9.47 Å². The summed E-state index contributed by atoms with van der Waals surface area (Å²) < 4.78 is 10.5. The number of aromatic amines is 1. The molecule has 192 valence electrons. The Morgan fingerprint density at radius 2 is 1.83 bits per heavy atom. The van der Waals surface area contributed by atoms with Crippen molar-refractivity contribution in [1.29, 1.82) is 0 Å². The Bertz CT molecular complexity index is 1280. The van der Waals surface area contributed by atoms with Crippen LogP contribution in [0, 0.1) is 5.41 Å². The molecule has 9 heteroatoms. The highest BCUT2D eigenvalue weighted by molar-refractivity contribution is 7.18. The summed E-state index contributed by atoms with van der Waals surface area (Å²) in [5.74, 6) is -0.661. The zero-order valence-electron chi connectivity index (χ0n) is 21.1. The highest BCUT2D eigenvalue weighted by Crippen LogP contribution is 2.47. The molecule has 1 aliphatic carbocycles. The molecule has 5 rings (SSSR count). The van der Waals surface area contributed by atoms with E-state index in [0.717, 1.165) is 43.2 Å². The number of nitrogens with zero attached hydrogens (tertiary/aromatic N) is 2. The molecule has 36 heavy (non-hydrogen) atoms. The van der Waals surface area contributed by atoms with Crippen LogP contribution in [0.15, 0.2) is 35.1 Å². The van der Waals surface area contributed by atoms with Gasteiger partial charge in [-0.05, 0) is 55.6 Å². The number of aromatic nitrogens is 2. The number of carbonyl (C=O) groups excluding carboxylic acids is 2. The number of esters is 1. The number of ether oxygens (including phenoxy) is 2. The predicted molar refractivity (Wildman–Crippen MR) is 139 cm³/mol. The maximum absolute atomic E-state index is 12.7. The Morgan fingerprint density at radius 3 is 2.53 bits per heavy atom. The van der Waals surface area contributed by atoms with Gasteiger partial charge in [-0.2, -0.15) is 0 Å². The molecule has 2 aromatic heterocycles. The molecule has 1 N–H and O–H groups in total. The second kappa shape index (κ2) is 11.2. The molecule has 0 bridgehead atoms. The van der Waals surface area contributed by atoms with Crippen molar-refractivity contribution in [2.75, 3.05) is 19.7 Å². The van der Waals surface area contributed by atoms with Gasteiger partial charge in [-0.3, -0.25) is 4.79 Å². The van der Waals surface area contributed by atoms with Gasteiger partial charge in [0.25, 0.3) is 5.56 Å². The zero-order chi connectivity index (χ0) is 25.7. The fraction of sp³-hybridized carbons (Fsp3) is 0.481. The maximum atomic E-state index is 12.7. The van der Waals surface area contributed by atoms with E-state index in [0.29, 0.717) is 23.3 Å². The fourth-order valence-electron chi connectivity index (χ4n) is 5.03. The third kappa shape index (κ3) is 5.31. The van der Waals surface area contributed by atoms with Gasteiger partial charge in [0, 0.05) is 18.0 Å². The van der Waals surface area contributed by atoms with Gasteiger partial charge < -0.3 is 19.4 Å². The number of hydrogen-bond acceptors (Lipinski definition) is 7. The van der Waals surface area contributed by atoms with Gasteiger partial charge in [0.15, 0.2) is 0 Å². The molecular formula is C27H33N3O5S. The Kier molecular flexibility index (Phi) is 8.08. The number of carbonyl (C=O) groups is 2. The Morgan fingerprint density at radius 1 is 1.11 bits per heavy atom. The van der Waals surface area contributed by atoms with Crippen LogP contribution >= 0.6 is 11.3 Å². The lowest BCUT2D eigenvalue weighted by Crippen LogP contribution is -2.45. The number of aryl methyl sites for hydroxylation is 1. The lowest BCUT2D eigenvalue weighted by Gasteiger charge is -2.43. The van der Waals surface area contributed by atoms with Gasteiger partial charge in [-0.15, -0.1) is 11.3 Å². The first-order valence-electron chi connectivity index (χ1n) is 12.7. The number of thiophene rings is 1. The molecule has 0 radical (unpaired) electrons. The Balaban J connectivity index is 0.00000148. The van der Waals surface area contributed by atoms with E-state index < -0.39 is 5.97 Å². The van der Waals surface area contributed by atoms with E-state index >= 15 is 0 Å². The Hall–Kier alpha value is -3.20. The van der Waals surface area contributed by atoms with E-state index in [9.17, 15) is 14.4 Å². The largest absolute Gasteiger partial charge is 0.460 e. The molecule has 1 saturated heterocycles. The molecule has 1 aromatic carbocycles. The summed E-state index contributed by atoms with van der Waals surface area (Å²) in [5, 5.41) is 0.602. The summed E-state index contributed by atoms with van der Waals surface area (Å²) in [5.41, 5.74) is 1.86. The van der Waals surface area contributed by atoms with Crippen molar-refractivity contribution >= 4 is 33.6 Å². The van der Waals surface area contributed by atoms with E-state index in [2.05, 4.69) is 9.97 Å². The summed E-state index contributed by atoms with van der Waals surface area (Å²) in [4.78, 5) is 47.9. The van der Waals surface area contributed by atoms with E-state index in [1.807, 2.05) is 44.2 Å². The third-order valence-electron chi connectivity index (χ3n) is 6.94. The van der Waals surface area contributed by atoms with E-state index in [-0.39, 0.29) is 36.1 Å². The summed E-state index contributed by atoms with van der Waals surface area (Å²) in [6, 6.07) is 9.69. The van der Waals surface area contributed by atoms with Crippen molar-refractivity contribution in [3.05, 3.63) is 62.5 Å². The first-order valence-corrected chi connectivity index (χ1v) is 13.5. The smallest absolute Gasteiger partial charge is 0.410 e. The molecule has 1 fully saturated rings. The quantitative estimate of drug-likeness (QED) is 0.489. The van der Waals surface area contributed by atoms with Crippen LogP contribution in [0.1, 0.15) is 66.7 Å². The van der Waals surface area contributed by atoms with Gasteiger partial charge in [0.05, 0.1) is 12.0 Å². The minimum Gasteiger partial charge on any atom is -0.460 e. The second-order valence-electron chi connectivity index (χ2n) is 9.02. The average Bonchev–Trinajstić information content (AvgIpc) is 3.27. The SMILES string of the molecule is CC.CCOC(=O)c1nc2sc3c(c2c(=O)[nH]1)CCC1(CCN(C(=O)OCc2ccccc2)CC1)C3. The minimum absolute atomic E-state index is 0.0463. The fourth-order valence-corrected chi connectivity index (χ4v) is 6.43. The van der Waals surface area contributed by atoms with Gasteiger partial charge in [-0.25, -0.2) is 14.6 Å². The van der Waals surface area contributed by atoms with Crippen LogP contribution in [0.2, 0.25) is 0 Å². The molecule has 2 aliphatic rings. The van der Waals surface area contributed by atoms with Crippen LogP contribution in [0.5, 0.6) is 0 Å². The zero-order valence-corrected chi connectivity index (χ0v) is 21.9. The molecular weight excluding hydrogens is 478 g/mol. The molecule has 3 heterocycles.